The number of aromatic nitrogens is 2. The second-order valence-electron chi connectivity index (χ2n) is 5.04. The van der Waals surface area contributed by atoms with Crippen LogP contribution in [0.3, 0.4) is 0 Å². The van der Waals surface area contributed by atoms with Gasteiger partial charge in [-0.15, -0.1) is 0 Å². The van der Waals surface area contributed by atoms with Gasteiger partial charge < -0.3 is 10.6 Å². The van der Waals surface area contributed by atoms with Gasteiger partial charge in [-0.05, 0) is 24.5 Å². The number of nitrogens with zero attached hydrogens (tertiary/aromatic N) is 4. The summed E-state index contributed by atoms with van der Waals surface area (Å²) >= 11 is 0. The van der Waals surface area contributed by atoms with Gasteiger partial charge in [0.25, 0.3) is 0 Å². The van der Waals surface area contributed by atoms with Gasteiger partial charge in [-0.3, -0.25) is 10.1 Å². The van der Waals surface area contributed by atoms with E-state index in [1.165, 1.54) is 5.56 Å². The highest BCUT2D eigenvalue weighted by Gasteiger charge is 2.28. The van der Waals surface area contributed by atoms with Crippen LogP contribution in [0.5, 0.6) is 0 Å². The molecule has 1 aliphatic heterocycles. The highest BCUT2D eigenvalue weighted by Crippen LogP contribution is 2.32. The number of nitrogens with two attached hydrogens (primary N) is 1. The van der Waals surface area contributed by atoms with Crippen LogP contribution >= 0.6 is 0 Å². The Kier molecular flexibility index (Phi) is 3.17. The van der Waals surface area contributed by atoms with E-state index in [-0.39, 0.29) is 11.6 Å². The number of nitrogen functional groups attached to an aromatic ring is 1. The average molecular weight is 285 g/mol. The van der Waals surface area contributed by atoms with Gasteiger partial charge in [0.1, 0.15) is 5.69 Å². The minimum absolute atomic E-state index is 0.0620. The molecule has 0 amide bonds. The Morgan fingerprint density at radius 1 is 1.29 bits per heavy atom. The molecule has 7 heteroatoms. The Bertz CT molecular complexity index is 717. The standard InChI is InChI=1S/C14H15N5O2/c1-9-12(19(20)21)13(17-14(15)16-9)18-7-6-10-4-2-3-5-11(10)8-18/h2-5H,6-8H2,1H3,(H2,15,16,17). The number of nitro groups is 1. The van der Waals surface area contributed by atoms with Gasteiger partial charge in [-0.25, -0.2) is 4.98 Å². The van der Waals surface area contributed by atoms with Crippen molar-refractivity contribution in [2.45, 2.75) is 19.9 Å². The quantitative estimate of drug-likeness (QED) is 0.667. The fourth-order valence-electron chi connectivity index (χ4n) is 2.68. The van der Waals surface area contributed by atoms with Gasteiger partial charge in [-0.2, -0.15) is 4.98 Å². The van der Waals surface area contributed by atoms with Crippen molar-refractivity contribution in [1.29, 1.82) is 0 Å². The summed E-state index contributed by atoms with van der Waals surface area (Å²) in [6.45, 7) is 2.85. The summed E-state index contributed by atoms with van der Waals surface area (Å²) in [6, 6.07) is 8.09. The first-order valence-electron chi connectivity index (χ1n) is 6.66. The van der Waals surface area contributed by atoms with E-state index in [1.807, 2.05) is 23.1 Å². The zero-order valence-corrected chi connectivity index (χ0v) is 11.6. The van der Waals surface area contributed by atoms with Crippen LogP contribution in [0.25, 0.3) is 0 Å². The highest BCUT2D eigenvalue weighted by molar-refractivity contribution is 5.63. The molecule has 0 aliphatic carbocycles. The van der Waals surface area contributed by atoms with Crippen molar-refractivity contribution in [2.75, 3.05) is 17.2 Å². The Morgan fingerprint density at radius 2 is 2.00 bits per heavy atom. The molecule has 0 atom stereocenters. The molecule has 21 heavy (non-hydrogen) atoms. The highest BCUT2D eigenvalue weighted by atomic mass is 16.6. The Labute approximate surface area is 121 Å². The molecule has 1 aliphatic rings. The second-order valence-corrected chi connectivity index (χ2v) is 5.04. The fraction of sp³-hybridized carbons (Fsp3) is 0.286. The summed E-state index contributed by atoms with van der Waals surface area (Å²) < 4.78 is 0. The maximum Gasteiger partial charge on any atom is 0.332 e. The van der Waals surface area contributed by atoms with Crippen molar-refractivity contribution >= 4 is 17.5 Å². The second kappa shape index (κ2) is 5.01. The van der Waals surface area contributed by atoms with Gasteiger partial charge in [0, 0.05) is 13.1 Å². The average Bonchev–Trinajstić information content (AvgIpc) is 2.45. The van der Waals surface area contributed by atoms with Crippen molar-refractivity contribution in [2.24, 2.45) is 0 Å². The third-order valence-electron chi connectivity index (χ3n) is 3.67. The van der Waals surface area contributed by atoms with Gasteiger partial charge in [-0.1, -0.05) is 24.3 Å². The number of aryl methyl sites for hydroxylation is 1. The lowest BCUT2D eigenvalue weighted by molar-refractivity contribution is -0.385. The molecule has 0 spiro atoms. The maximum absolute atomic E-state index is 11.3. The van der Waals surface area contributed by atoms with Crippen molar-refractivity contribution in [3.8, 4) is 0 Å². The van der Waals surface area contributed by atoms with Gasteiger partial charge >= 0.3 is 5.69 Å². The van der Waals surface area contributed by atoms with Crippen LogP contribution in [0, 0.1) is 17.0 Å². The molecular formula is C14H15N5O2. The van der Waals surface area contributed by atoms with Crippen LogP contribution in [-0.4, -0.2) is 21.4 Å². The summed E-state index contributed by atoms with van der Waals surface area (Å²) in [7, 11) is 0. The van der Waals surface area contributed by atoms with E-state index < -0.39 is 4.92 Å². The van der Waals surface area contributed by atoms with Crippen LogP contribution in [0.4, 0.5) is 17.5 Å². The van der Waals surface area contributed by atoms with Crippen molar-refractivity contribution in [1.82, 2.24) is 9.97 Å². The first-order chi connectivity index (χ1) is 10.1. The van der Waals surface area contributed by atoms with E-state index >= 15 is 0 Å². The summed E-state index contributed by atoms with van der Waals surface area (Å²) in [5.41, 5.74) is 8.32. The van der Waals surface area contributed by atoms with E-state index in [9.17, 15) is 10.1 Å². The van der Waals surface area contributed by atoms with E-state index in [1.54, 1.807) is 6.92 Å². The van der Waals surface area contributed by atoms with Crippen molar-refractivity contribution in [3.63, 3.8) is 0 Å². The Hall–Kier alpha value is -2.70. The van der Waals surface area contributed by atoms with Crippen LogP contribution < -0.4 is 10.6 Å². The number of rotatable bonds is 2. The molecule has 0 unspecified atom stereocenters. The first-order valence-corrected chi connectivity index (χ1v) is 6.66. The monoisotopic (exact) mass is 285 g/mol. The third-order valence-corrected chi connectivity index (χ3v) is 3.67. The van der Waals surface area contributed by atoms with Crippen LogP contribution in [0.15, 0.2) is 24.3 Å². The molecule has 2 N–H and O–H groups in total. The maximum atomic E-state index is 11.3. The van der Waals surface area contributed by atoms with Crippen molar-refractivity contribution in [3.05, 3.63) is 51.2 Å². The number of hydrogen-bond donors (Lipinski definition) is 1. The van der Waals surface area contributed by atoms with E-state index in [0.29, 0.717) is 24.6 Å². The smallest absolute Gasteiger partial charge is 0.332 e. The van der Waals surface area contributed by atoms with Crippen molar-refractivity contribution < 1.29 is 4.92 Å². The van der Waals surface area contributed by atoms with Crippen LogP contribution in [0.2, 0.25) is 0 Å². The summed E-state index contributed by atoms with van der Waals surface area (Å²) in [5.74, 6) is 0.367. The molecule has 2 heterocycles. The van der Waals surface area contributed by atoms with E-state index in [4.69, 9.17) is 5.73 Å². The Morgan fingerprint density at radius 3 is 2.71 bits per heavy atom. The normalized spacial score (nSPS) is 13.9. The Balaban J connectivity index is 2.04. The zero-order chi connectivity index (χ0) is 15.0. The first kappa shape index (κ1) is 13.3. The predicted molar refractivity (Wildman–Crippen MR) is 79.0 cm³/mol. The molecule has 3 rings (SSSR count). The lowest BCUT2D eigenvalue weighted by Crippen LogP contribution is -2.32. The lowest BCUT2D eigenvalue weighted by Gasteiger charge is -2.29. The molecule has 0 fully saturated rings. The fourth-order valence-corrected chi connectivity index (χ4v) is 2.68. The molecule has 0 saturated carbocycles. The minimum Gasteiger partial charge on any atom is -0.368 e. The van der Waals surface area contributed by atoms with E-state index in [0.717, 1.165) is 12.0 Å². The number of fused-ring (bicyclic) bond motifs is 1. The largest absolute Gasteiger partial charge is 0.368 e. The molecule has 2 aromatic rings. The van der Waals surface area contributed by atoms with E-state index in [2.05, 4.69) is 16.0 Å². The summed E-state index contributed by atoms with van der Waals surface area (Å²) in [4.78, 5) is 20.8. The van der Waals surface area contributed by atoms with Gasteiger partial charge in [0.15, 0.2) is 0 Å². The summed E-state index contributed by atoms with van der Waals surface area (Å²) in [6.07, 6.45) is 0.830. The lowest BCUT2D eigenvalue weighted by atomic mass is 10.00. The molecule has 7 nitrogen and oxygen atoms in total. The molecule has 108 valence electrons. The molecule has 0 radical (unpaired) electrons. The third kappa shape index (κ3) is 2.37. The number of anilines is 2. The molecule has 0 saturated heterocycles. The number of hydrogen-bond acceptors (Lipinski definition) is 6. The molecule has 1 aromatic carbocycles. The van der Waals surface area contributed by atoms with Gasteiger partial charge in [0.2, 0.25) is 11.8 Å². The van der Waals surface area contributed by atoms with Gasteiger partial charge in [0.05, 0.1) is 4.92 Å². The van der Waals surface area contributed by atoms with Crippen LogP contribution in [-0.2, 0) is 13.0 Å². The SMILES string of the molecule is Cc1nc(N)nc(N2CCc3ccccc3C2)c1[N+](=O)[O-]. The zero-order valence-electron chi connectivity index (χ0n) is 11.6. The molecular weight excluding hydrogens is 270 g/mol. The minimum atomic E-state index is -0.440. The molecule has 1 aromatic heterocycles. The summed E-state index contributed by atoms with van der Waals surface area (Å²) in [5, 5.41) is 11.3. The predicted octanol–water partition coefficient (Wildman–Crippen LogP) is 1.84. The molecule has 0 bridgehead atoms. The number of benzene rings is 1. The topological polar surface area (TPSA) is 98.2 Å². The van der Waals surface area contributed by atoms with Crippen LogP contribution in [0.1, 0.15) is 16.8 Å².